The Bertz CT molecular complexity index is 427. The molecule has 0 bridgehead atoms. The Balaban J connectivity index is 2.77. The number of likely N-dealkylation sites (N-methyl/N-ethyl adjacent to an activating group) is 1. The maximum atomic E-state index is 11.4. The van der Waals surface area contributed by atoms with Crippen LogP contribution < -0.4 is 0 Å². The molecular weight excluding hydrogens is 244 g/mol. The number of pyridine rings is 1. The average Bonchev–Trinajstić information content (AvgIpc) is 2.35. The van der Waals surface area contributed by atoms with Crippen molar-refractivity contribution in [2.45, 2.75) is 32.9 Å². The number of methoxy groups -OCH3 is 1. The molecule has 106 valence electrons. The van der Waals surface area contributed by atoms with E-state index >= 15 is 0 Å². The number of carbonyl (C=O) groups is 1. The van der Waals surface area contributed by atoms with Gasteiger partial charge in [-0.3, -0.25) is 4.90 Å². The summed E-state index contributed by atoms with van der Waals surface area (Å²) < 4.78 is 4.65. The fraction of sp³-hybridized carbons (Fsp3) is 0.571. The van der Waals surface area contributed by atoms with Gasteiger partial charge in [-0.05, 0) is 32.5 Å². The molecule has 19 heavy (non-hydrogen) atoms. The highest BCUT2D eigenvalue weighted by Crippen LogP contribution is 2.09. The summed E-state index contributed by atoms with van der Waals surface area (Å²) in [5, 5.41) is 9.84. The van der Waals surface area contributed by atoms with Gasteiger partial charge in [-0.25, -0.2) is 9.78 Å². The van der Waals surface area contributed by atoms with E-state index in [9.17, 15) is 9.90 Å². The van der Waals surface area contributed by atoms with E-state index in [1.165, 1.54) is 7.11 Å². The molecule has 0 fully saturated rings. The molecule has 0 saturated carbocycles. The van der Waals surface area contributed by atoms with Gasteiger partial charge in [0.1, 0.15) is 5.69 Å². The number of ether oxygens (including phenoxy) is 1. The van der Waals surface area contributed by atoms with Crippen molar-refractivity contribution in [1.29, 1.82) is 0 Å². The third-order valence-electron chi connectivity index (χ3n) is 2.64. The van der Waals surface area contributed by atoms with E-state index in [4.69, 9.17) is 0 Å². The van der Waals surface area contributed by atoms with Crippen molar-refractivity contribution in [2.75, 3.05) is 20.2 Å². The molecule has 0 atom stereocenters. The van der Waals surface area contributed by atoms with E-state index < -0.39 is 11.6 Å². The van der Waals surface area contributed by atoms with Crippen molar-refractivity contribution in [3.8, 4) is 0 Å². The minimum absolute atomic E-state index is 0.305. The van der Waals surface area contributed by atoms with Gasteiger partial charge in [0.05, 0.1) is 18.4 Å². The van der Waals surface area contributed by atoms with Crippen LogP contribution >= 0.6 is 0 Å². The number of hydrogen-bond donors (Lipinski definition) is 1. The van der Waals surface area contributed by atoms with Crippen LogP contribution in [0.3, 0.4) is 0 Å². The highest BCUT2D eigenvalue weighted by molar-refractivity contribution is 5.87. The summed E-state index contributed by atoms with van der Waals surface area (Å²) in [5.74, 6) is -0.438. The second-order valence-corrected chi connectivity index (χ2v) is 5.12. The lowest BCUT2D eigenvalue weighted by molar-refractivity contribution is 0.0348. The third kappa shape index (κ3) is 5.36. The Morgan fingerprint density at radius 2 is 2.16 bits per heavy atom. The zero-order valence-electron chi connectivity index (χ0n) is 12.0. The Morgan fingerprint density at radius 1 is 1.47 bits per heavy atom. The molecule has 1 N–H and O–H groups in total. The normalized spacial score (nSPS) is 11.7. The zero-order valence-corrected chi connectivity index (χ0v) is 12.0. The fourth-order valence-electron chi connectivity index (χ4n) is 1.84. The van der Waals surface area contributed by atoms with Gasteiger partial charge in [-0.15, -0.1) is 0 Å². The Labute approximate surface area is 114 Å². The van der Waals surface area contributed by atoms with Crippen molar-refractivity contribution < 1.29 is 14.6 Å². The molecule has 0 radical (unpaired) electrons. The summed E-state index contributed by atoms with van der Waals surface area (Å²) in [7, 11) is 1.34. The van der Waals surface area contributed by atoms with Gasteiger partial charge in [0.15, 0.2) is 0 Å². The third-order valence-corrected chi connectivity index (χ3v) is 2.64. The molecule has 5 heteroatoms. The van der Waals surface area contributed by atoms with Crippen molar-refractivity contribution in [3.05, 3.63) is 29.6 Å². The van der Waals surface area contributed by atoms with Crippen LogP contribution in [0, 0.1) is 0 Å². The predicted molar refractivity (Wildman–Crippen MR) is 72.8 cm³/mol. The summed E-state index contributed by atoms with van der Waals surface area (Å²) in [5.41, 5.74) is 0.337. The molecule has 0 amide bonds. The molecule has 0 aliphatic carbocycles. The Kier molecular flexibility index (Phi) is 5.44. The summed E-state index contributed by atoms with van der Waals surface area (Å²) in [6.45, 7) is 7.50. The van der Waals surface area contributed by atoms with Crippen LogP contribution in [0.2, 0.25) is 0 Å². The van der Waals surface area contributed by atoms with Gasteiger partial charge in [0, 0.05) is 13.1 Å². The molecule has 0 aliphatic heterocycles. The van der Waals surface area contributed by atoms with Gasteiger partial charge in [-0.2, -0.15) is 0 Å². The summed E-state index contributed by atoms with van der Waals surface area (Å²) in [6.07, 6.45) is 0. The maximum Gasteiger partial charge on any atom is 0.356 e. The molecule has 0 spiro atoms. The van der Waals surface area contributed by atoms with Crippen LogP contribution in [0.25, 0.3) is 0 Å². The first-order valence-corrected chi connectivity index (χ1v) is 6.34. The first-order valence-electron chi connectivity index (χ1n) is 6.34. The topological polar surface area (TPSA) is 62.7 Å². The monoisotopic (exact) mass is 266 g/mol. The summed E-state index contributed by atoms with van der Waals surface area (Å²) >= 11 is 0. The van der Waals surface area contributed by atoms with Gasteiger partial charge >= 0.3 is 5.97 Å². The molecule has 1 aromatic heterocycles. The van der Waals surface area contributed by atoms with E-state index in [1.54, 1.807) is 26.0 Å². The molecule has 1 aromatic rings. The van der Waals surface area contributed by atoms with Crippen molar-refractivity contribution in [2.24, 2.45) is 0 Å². The molecule has 1 heterocycles. The van der Waals surface area contributed by atoms with Crippen molar-refractivity contribution in [1.82, 2.24) is 9.88 Å². The van der Waals surface area contributed by atoms with Gasteiger partial charge in [0.2, 0.25) is 0 Å². The average molecular weight is 266 g/mol. The second-order valence-electron chi connectivity index (χ2n) is 5.12. The number of nitrogens with zero attached hydrogens (tertiary/aromatic N) is 2. The van der Waals surface area contributed by atoms with Crippen LogP contribution in [0.1, 0.15) is 37.0 Å². The number of aromatic nitrogens is 1. The van der Waals surface area contributed by atoms with Gasteiger partial charge < -0.3 is 9.84 Å². The van der Waals surface area contributed by atoms with E-state index in [0.29, 0.717) is 18.8 Å². The van der Waals surface area contributed by atoms with Crippen molar-refractivity contribution >= 4 is 5.97 Å². The zero-order chi connectivity index (χ0) is 14.5. The quantitative estimate of drug-likeness (QED) is 0.790. The highest BCUT2D eigenvalue weighted by Gasteiger charge is 2.18. The SMILES string of the molecule is CCN(Cc1cccc(C(=O)OC)n1)CC(C)(C)O. The van der Waals surface area contributed by atoms with Crippen LogP contribution in [0.15, 0.2) is 18.2 Å². The Hall–Kier alpha value is -1.46. The summed E-state index contributed by atoms with van der Waals surface area (Å²) in [4.78, 5) is 17.7. The molecule has 0 aromatic carbocycles. The Morgan fingerprint density at radius 3 is 2.68 bits per heavy atom. The van der Waals surface area contributed by atoms with Crippen LogP contribution in [-0.2, 0) is 11.3 Å². The van der Waals surface area contributed by atoms with Crippen molar-refractivity contribution in [3.63, 3.8) is 0 Å². The largest absolute Gasteiger partial charge is 0.464 e. The van der Waals surface area contributed by atoms with E-state index in [0.717, 1.165) is 12.2 Å². The standard InChI is InChI=1S/C14H22N2O3/c1-5-16(10-14(2,3)18)9-11-7-6-8-12(15-11)13(17)19-4/h6-8,18H,5,9-10H2,1-4H3. The number of esters is 1. The second kappa shape index (κ2) is 6.63. The molecule has 0 aliphatic rings. The smallest absolute Gasteiger partial charge is 0.356 e. The number of hydrogen-bond acceptors (Lipinski definition) is 5. The van der Waals surface area contributed by atoms with Gasteiger partial charge in [0.25, 0.3) is 0 Å². The minimum atomic E-state index is -0.754. The van der Waals surface area contributed by atoms with Gasteiger partial charge in [-0.1, -0.05) is 13.0 Å². The van der Waals surface area contributed by atoms with Crippen LogP contribution in [0.5, 0.6) is 0 Å². The summed E-state index contributed by atoms with van der Waals surface area (Å²) in [6, 6.07) is 5.27. The van der Waals surface area contributed by atoms with Crippen LogP contribution in [0.4, 0.5) is 0 Å². The van der Waals surface area contributed by atoms with E-state index in [2.05, 4.69) is 14.6 Å². The lowest BCUT2D eigenvalue weighted by Crippen LogP contribution is -2.38. The predicted octanol–water partition coefficient (Wildman–Crippen LogP) is 1.46. The molecular formula is C14H22N2O3. The fourth-order valence-corrected chi connectivity index (χ4v) is 1.84. The highest BCUT2D eigenvalue weighted by atomic mass is 16.5. The number of carbonyl (C=O) groups excluding carboxylic acids is 1. The minimum Gasteiger partial charge on any atom is -0.464 e. The lowest BCUT2D eigenvalue weighted by atomic mass is 10.1. The number of aliphatic hydroxyl groups is 1. The van der Waals surface area contributed by atoms with E-state index in [-0.39, 0.29) is 0 Å². The molecule has 0 unspecified atom stereocenters. The molecule has 0 saturated heterocycles. The maximum absolute atomic E-state index is 11.4. The van der Waals surface area contributed by atoms with E-state index in [1.807, 2.05) is 13.0 Å². The first kappa shape index (κ1) is 15.6. The lowest BCUT2D eigenvalue weighted by Gasteiger charge is -2.27. The molecule has 1 rings (SSSR count). The van der Waals surface area contributed by atoms with Crippen LogP contribution in [-0.4, -0.2) is 46.8 Å². The first-order chi connectivity index (χ1) is 8.85. The number of rotatable bonds is 6. The molecule has 5 nitrogen and oxygen atoms in total.